The van der Waals surface area contributed by atoms with Crippen LogP contribution in [0.1, 0.15) is 38.0 Å². The van der Waals surface area contributed by atoms with Crippen molar-refractivity contribution in [1.29, 1.82) is 0 Å². The molecule has 1 heterocycles. The number of aliphatic imine (C=N–C) groups is 1. The van der Waals surface area contributed by atoms with Gasteiger partial charge in [0.25, 0.3) is 17.7 Å². The van der Waals surface area contributed by atoms with Gasteiger partial charge in [-0.15, -0.1) is 0 Å². The first-order valence-corrected chi connectivity index (χ1v) is 11.4. The average molecular weight is 498 g/mol. The Morgan fingerprint density at radius 1 is 1.16 bits per heavy atom. The molecule has 2 rings (SSSR count). The molecule has 0 aliphatic carbocycles. The molecule has 0 aliphatic rings. The molecular weight excluding hydrogens is 478 g/mol. The van der Waals surface area contributed by atoms with E-state index >= 15 is 0 Å². The van der Waals surface area contributed by atoms with Gasteiger partial charge in [0.05, 0.1) is 39.6 Å². The maximum Gasteiger partial charge on any atom is 0.316 e. The Morgan fingerprint density at radius 2 is 1.81 bits per heavy atom. The zero-order valence-electron chi connectivity index (χ0n) is 17.1. The molecular formula is C19H20ClN5O5S2. The molecule has 32 heavy (non-hydrogen) atoms. The fourth-order valence-corrected chi connectivity index (χ4v) is 4.18. The number of carbonyl (C=O) groups excluding carboxylic acids is 4. The van der Waals surface area contributed by atoms with Crippen LogP contribution in [-0.4, -0.2) is 52.5 Å². The van der Waals surface area contributed by atoms with Crippen LogP contribution in [0.4, 0.5) is 5.82 Å². The van der Waals surface area contributed by atoms with Gasteiger partial charge in [0.15, 0.2) is 5.17 Å². The zero-order chi connectivity index (χ0) is 23.8. The van der Waals surface area contributed by atoms with Gasteiger partial charge < -0.3 is 26.5 Å². The van der Waals surface area contributed by atoms with Crippen LogP contribution in [0, 0.1) is 0 Å². The lowest BCUT2D eigenvalue weighted by Crippen LogP contribution is -2.29. The summed E-state index contributed by atoms with van der Waals surface area (Å²) in [5, 5.41) is 3.12. The number of hydrogen-bond donors (Lipinski definition) is 4. The van der Waals surface area contributed by atoms with Crippen molar-refractivity contribution in [1.82, 2.24) is 10.3 Å². The Hall–Kier alpha value is -2.96. The number of rotatable bonds is 8. The molecule has 0 aliphatic heterocycles. The number of amides is 3. The molecule has 0 spiro atoms. The summed E-state index contributed by atoms with van der Waals surface area (Å²) in [5.41, 5.74) is 10.7. The molecule has 10 nitrogen and oxygen atoms in total. The first-order valence-electron chi connectivity index (χ1n) is 9.02. The van der Waals surface area contributed by atoms with Gasteiger partial charge in [0.2, 0.25) is 0 Å². The van der Waals surface area contributed by atoms with Crippen molar-refractivity contribution in [2.24, 2.45) is 16.5 Å². The molecule has 0 saturated carbocycles. The average Bonchev–Trinajstić information content (AvgIpc) is 3.11. The van der Waals surface area contributed by atoms with Gasteiger partial charge in [-0.1, -0.05) is 54.2 Å². The predicted molar refractivity (Wildman–Crippen MR) is 125 cm³/mol. The maximum absolute atomic E-state index is 12.6. The molecule has 0 unspecified atom stereocenters. The summed E-state index contributed by atoms with van der Waals surface area (Å²) >= 11 is 8.14. The highest BCUT2D eigenvalue weighted by molar-refractivity contribution is 8.13. The number of amidine groups is 1. The molecule has 0 bridgehead atoms. The number of aromatic amines is 1. The summed E-state index contributed by atoms with van der Waals surface area (Å²) in [6, 6.07) is 6.46. The smallest absolute Gasteiger partial charge is 0.316 e. The second kappa shape index (κ2) is 11.6. The van der Waals surface area contributed by atoms with Crippen LogP contribution in [0.3, 0.4) is 0 Å². The highest BCUT2D eigenvalue weighted by Crippen LogP contribution is 2.32. The van der Waals surface area contributed by atoms with Crippen LogP contribution in [0.5, 0.6) is 0 Å². The minimum absolute atomic E-state index is 0.0888. The summed E-state index contributed by atoms with van der Waals surface area (Å²) in [5.74, 6) is -2.68. The minimum atomic E-state index is -0.961. The topological polar surface area (TPSA) is 170 Å². The van der Waals surface area contributed by atoms with Crippen molar-refractivity contribution < 1.29 is 23.9 Å². The third-order valence-electron chi connectivity index (χ3n) is 3.83. The molecule has 13 heteroatoms. The van der Waals surface area contributed by atoms with Crippen molar-refractivity contribution in [3.8, 4) is 0 Å². The van der Waals surface area contributed by atoms with Crippen LogP contribution >= 0.6 is 35.1 Å². The summed E-state index contributed by atoms with van der Waals surface area (Å²) < 4.78 is 4.58. The van der Waals surface area contributed by atoms with Gasteiger partial charge in [-0.3, -0.25) is 19.2 Å². The summed E-state index contributed by atoms with van der Waals surface area (Å²) in [6.07, 6.45) is 0. The highest BCUT2D eigenvalue weighted by Gasteiger charge is 2.26. The van der Waals surface area contributed by atoms with Crippen LogP contribution in [0.15, 0.2) is 34.3 Å². The fourth-order valence-electron chi connectivity index (χ4n) is 2.47. The third kappa shape index (κ3) is 6.28. The zero-order valence-corrected chi connectivity index (χ0v) is 19.5. The lowest BCUT2D eigenvalue weighted by Gasteiger charge is -2.08. The van der Waals surface area contributed by atoms with Gasteiger partial charge in [0, 0.05) is 0 Å². The molecule has 6 N–H and O–H groups in total. The molecule has 2 aromatic rings. The van der Waals surface area contributed by atoms with Crippen molar-refractivity contribution in [3.63, 3.8) is 0 Å². The van der Waals surface area contributed by atoms with Gasteiger partial charge in [0.1, 0.15) is 5.82 Å². The van der Waals surface area contributed by atoms with E-state index in [4.69, 9.17) is 23.1 Å². The van der Waals surface area contributed by atoms with Gasteiger partial charge >= 0.3 is 5.97 Å². The van der Waals surface area contributed by atoms with Crippen molar-refractivity contribution in [2.45, 2.75) is 11.9 Å². The van der Waals surface area contributed by atoms with Crippen LogP contribution in [0.25, 0.3) is 0 Å². The van der Waals surface area contributed by atoms with Crippen molar-refractivity contribution >= 4 is 69.8 Å². The van der Waals surface area contributed by atoms with Gasteiger partial charge in [-0.25, -0.2) is 4.99 Å². The number of aromatic nitrogens is 1. The van der Waals surface area contributed by atoms with E-state index in [0.717, 1.165) is 11.8 Å². The Labute approximate surface area is 196 Å². The molecule has 170 valence electrons. The summed E-state index contributed by atoms with van der Waals surface area (Å²) in [4.78, 5) is 55.3. The number of nitrogens with one attached hydrogen (secondary N) is 2. The molecule has 0 radical (unpaired) electrons. The SMILES string of the molecule is CCS/C(=N\c1[nH]c(SCC(=O)OC)c(C(N)=O)c1C(N)=O)NC(=O)c1ccccc1Cl. The van der Waals surface area contributed by atoms with E-state index in [9.17, 15) is 19.2 Å². The van der Waals surface area contributed by atoms with E-state index < -0.39 is 23.7 Å². The molecule has 1 aromatic heterocycles. The van der Waals surface area contributed by atoms with Gasteiger partial charge in [-0.2, -0.15) is 0 Å². The molecule has 3 amide bonds. The molecule has 0 saturated heterocycles. The Balaban J connectivity index is 2.50. The number of halogens is 1. The number of primary amides is 2. The summed E-state index contributed by atoms with van der Waals surface area (Å²) in [6.45, 7) is 1.83. The third-order valence-corrected chi connectivity index (χ3v) is 5.89. The highest BCUT2D eigenvalue weighted by atomic mass is 35.5. The van der Waals surface area contributed by atoms with Crippen LogP contribution in [0.2, 0.25) is 5.02 Å². The number of esters is 1. The number of benzene rings is 1. The number of nitrogens with two attached hydrogens (primary N) is 2. The lowest BCUT2D eigenvalue weighted by atomic mass is 10.1. The quantitative estimate of drug-likeness (QED) is 0.187. The Bertz CT molecular complexity index is 1090. The normalized spacial score (nSPS) is 11.2. The van der Waals surface area contributed by atoms with E-state index in [2.05, 4.69) is 20.0 Å². The minimum Gasteiger partial charge on any atom is -0.468 e. The number of nitrogens with zero attached hydrogens (tertiary/aromatic N) is 1. The van der Waals surface area contributed by atoms with E-state index in [1.807, 2.05) is 6.92 Å². The molecule has 0 fully saturated rings. The lowest BCUT2D eigenvalue weighted by molar-refractivity contribution is -0.137. The van der Waals surface area contributed by atoms with Crippen LogP contribution < -0.4 is 16.8 Å². The number of hydrogen-bond acceptors (Lipinski definition) is 8. The van der Waals surface area contributed by atoms with Crippen molar-refractivity contribution in [3.05, 3.63) is 46.0 Å². The number of ether oxygens (including phenoxy) is 1. The maximum atomic E-state index is 12.6. The van der Waals surface area contributed by atoms with E-state index in [-0.39, 0.29) is 43.5 Å². The molecule has 0 atom stereocenters. The Kier molecular flexibility index (Phi) is 9.17. The number of thioether (sulfide) groups is 2. The second-order valence-electron chi connectivity index (χ2n) is 5.93. The Morgan fingerprint density at radius 3 is 2.38 bits per heavy atom. The first kappa shape index (κ1) is 25.3. The van der Waals surface area contributed by atoms with Crippen LogP contribution in [-0.2, 0) is 9.53 Å². The monoisotopic (exact) mass is 497 g/mol. The second-order valence-corrected chi connectivity index (χ2v) is 8.58. The predicted octanol–water partition coefficient (Wildman–Crippen LogP) is 2.30. The van der Waals surface area contributed by atoms with E-state index in [0.29, 0.717) is 5.75 Å². The number of carbonyl (C=O) groups is 4. The van der Waals surface area contributed by atoms with Gasteiger partial charge in [-0.05, 0) is 17.9 Å². The fraction of sp³-hybridized carbons (Fsp3) is 0.211. The molecule has 1 aromatic carbocycles. The first-order chi connectivity index (χ1) is 15.2. The van der Waals surface area contributed by atoms with Crippen molar-refractivity contribution in [2.75, 3.05) is 18.6 Å². The number of methoxy groups -OCH3 is 1. The van der Waals surface area contributed by atoms with E-state index in [1.165, 1.54) is 18.9 Å². The largest absolute Gasteiger partial charge is 0.468 e. The summed E-state index contributed by atoms with van der Waals surface area (Å²) in [7, 11) is 1.22. The van der Waals surface area contributed by atoms with E-state index in [1.54, 1.807) is 24.3 Å². The number of H-pyrrole nitrogens is 1. The standard InChI is InChI=1S/C19H20ClN5O5S2/c1-3-31-19(25-17(29)9-6-4-5-7-10(9)20)24-16-12(14(21)27)13(15(22)28)18(23-16)32-8-11(26)30-2/h4-7,23H,3,8H2,1-2H3,(H2,21,27)(H2,22,28)(H,24,25,29).